The van der Waals surface area contributed by atoms with E-state index in [1.54, 1.807) is 0 Å². The van der Waals surface area contributed by atoms with Crippen LogP contribution < -0.4 is 10.2 Å². The Balaban J connectivity index is 1.34. The molecule has 0 saturated carbocycles. The monoisotopic (exact) mass is 346 g/mol. The molecule has 5 nitrogen and oxygen atoms in total. The molecule has 25 heavy (non-hydrogen) atoms. The molecular formula is C18H20F2N4O. The SMILES string of the molecule is O=C(NCC1CCN(c2ccc(F)cc2F)C1)c1n[nH]c2c1CCC2. The van der Waals surface area contributed by atoms with Gasteiger partial charge in [-0.25, -0.2) is 8.78 Å². The van der Waals surface area contributed by atoms with Gasteiger partial charge in [-0.2, -0.15) is 5.10 Å². The molecule has 2 heterocycles. The van der Waals surface area contributed by atoms with Gasteiger partial charge in [0.2, 0.25) is 0 Å². The van der Waals surface area contributed by atoms with E-state index in [0.29, 0.717) is 31.0 Å². The van der Waals surface area contributed by atoms with Crippen molar-refractivity contribution in [3.05, 3.63) is 46.8 Å². The van der Waals surface area contributed by atoms with Gasteiger partial charge in [0.15, 0.2) is 5.69 Å². The molecule has 2 aromatic rings. The molecule has 1 unspecified atom stereocenters. The van der Waals surface area contributed by atoms with Crippen LogP contribution in [0.3, 0.4) is 0 Å². The Morgan fingerprint density at radius 3 is 3.08 bits per heavy atom. The van der Waals surface area contributed by atoms with Gasteiger partial charge in [-0.1, -0.05) is 0 Å². The average Bonchev–Trinajstić information content (AvgIpc) is 3.29. The minimum Gasteiger partial charge on any atom is -0.369 e. The Morgan fingerprint density at radius 2 is 2.24 bits per heavy atom. The highest BCUT2D eigenvalue weighted by molar-refractivity contribution is 5.94. The van der Waals surface area contributed by atoms with Crippen LogP contribution in [0.4, 0.5) is 14.5 Å². The zero-order valence-electron chi connectivity index (χ0n) is 13.8. The number of benzene rings is 1. The average molecular weight is 346 g/mol. The molecule has 1 aliphatic heterocycles. The van der Waals surface area contributed by atoms with E-state index in [1.165, 1.54) is 12.1 Å². The molecule has 4 rings (SSSR count). The van der Waals surface area contributed by atoms with Crippen molar-refractivity contribution >= 4 is 11.6 Å². The van der Waals surface area contributed by atoms with Gasteiger partial charge in [0.05, 0.1) is 5.69 Å². The summed E-state index contributed by atoms with van der Waals surface area (Å²) in [6.45, 7) is 1.86. The highest BCUT2D eigenvalue weighted by atomic mass is 19.1. The zero-order valence-corrected chi connectivity index (χ0v) is 13.8. The number of carbonyl (C=O) groups excluding carboxylic acids is 1. The maximum Gasteiger partial charge on any atom is 0.272 e. The molecule has 1 aromatic carbocycles. The number of aromatic amines is 1. The quantitative estimate of drug-likeness (QED) is 0.894. The summed E-state index contributed by atoms with van der Waals surface area (Å²) in [5, 5.41) is 10.0. The lowest BCUT2D eigenvalue weighted by molar-refractivity contribution is 0.0942. The molecule has 1 fully saturated rings. The molecule has 1 atom stereocenters. The van der Waals surface area contributed by atoms with E-state index in [9.17, 15) is 13.6 Å². The first-order valence-corrected chi connectivity index (χ1v) is 8.66. The molecule has 7 heteroatoms. The third kappa shape index (κ3) is 3.10. The van der Waals surface area contributed by atoms with Gasteiger partial charge < -0.3 is 10.2 Å². The number of nitrogens with zero attached hydrogens (tertiary/aromatic N) is 2. The maximum absolute atomic E-state index is 13.9. The Bertz CT molecular complexity index is 804. The highest BCUT2D eigenvalue weighted by Gasteiger charge is 2.27. The molecule has 1 saturated heterocycles. The molecule has 0 radical (unpaired) electrons. The molecule has 2 N–H and O–H groups in total. The van der Waals surface area contributed by atoms with E-state index < -0.39 is 11.6 Å². The summed E-state index contributed by atoms with van der Waals surface area (Å²) in [6, 6.07) is 3.65. The van der Waals surface area contributed by atoms with Gasteiger partial charge in [0.1, 0.15) is 11.6 Å². The molecular weight excluding hydrogens is 326 g/mol. The van der Waals surface area contributed by atoms with Crippen molar-refractivity contribution in [1.82, 2.24) is 15.5 Å². The van der Waals surface area contributed by atoms with Gasteiger partial charge in [-0.3, -0.25) is 9.89 Å². The van der Waals surface area contributed by atoms with E-state index in [-0.39, 0.29) is 11.8 Å². The highest BCUT2D eigenvalue weighted by Crippen LogP contribution is 2.27. The van der Waals surface area contributed by atoms with Crippen molar-refractivity contribution in [3.63, 3.8) is 0 Å². The number of anilines is 1. The van der Waals surface area contributed by atoms with Gasteiger partial charge in [0, 0.05) is 37.0 Å². The number of hydrogen-bond acceptors (Lipinski definition) is 3. The normalized spacial score (nSPS) is 19.3. The number of halogens is 2. The second kappa shape index (κ2) is 6.46. The number of rotatable bonds is 4. The number of aryl methyl sites for hydroxylation is 1. The largest absolute Gasteiger partial charge is 0.369 e. The number of fused-ring (bicyclic) bond motifs is 1. The minimum absolute atomic E-state index is 0.147. The third-order valence-corrected chi connectivity index (χ3v) is 5.11. The van der Waals surface area contributed by atoms with Gasteiger partial charge in [-0.05, 0) is 43.7 Å². The van der Waals surface area contributed by atoms with Crippen LogP contribution in [-0.2, 0) is 12.8 Å². The Kier molecular flexibility index (Phi) is 4.15. The van der Waals surface area contributed by atoms with Crippen LogP contribution in [0, 0.1) is 17.6 Å². The molecule has 132 valence electrons. The van der Waals surface area contributed by atoms with E-state index >= 15 is 0 Å². The van der Waals surface area contributed by atoms with Gasteiger partial charge in [-0.15, -0.1) is 0 Å². The van der Waals surface area contributed by atoms with Crippen LogP contribution in [0.1, 0.15) is 34.6 Å². The van der Waals surface area contributed by atoms with E-state index in [2.05, 4.69) is 15.5 Å². The summed E-state index contributed by atoms with van der Waals surface area (Å²) in [6.07, 6.45) is 3.77. The van der Waals surface area contributed by atoms with E-state index in [1.807, 2.05) is 4.90 Å². The van der Waals surface area contributed by atoms with Crippen molar-refractivity contribution in [1.29, 1.82) is 0 Å². The van der Waals surface area contributed by atoms with Gasteiger partial charge >= 0.3 is 0 Å². The lowest BCUT2D eigenvalue weighted by Crippen LogP contribution is -2.31. The first-order valence-electron chi connectivity index (χ1n) is 8.66. The topological polar surface area (TPSA) is 61.0 Å². The molecule has 0 bridgehead atoms. The summed E-state index contributed by atoms with van der Waals surface area (Å²) < 4.78 is 26.9. The lowest BCUT2D eigenvalue weighted by Gasteiger charge is -2.19. The molecule has 1 amide bonds. The Labute approximate surface area is 144 Å². The first kappa shape index (κ1) is 16.1. The van der Waals surface area contributed by atoms with Crippen LogP contribution in [0.2, 0.25) is 0 Å². The summed E-state index contributed by atoms with van der Waals surface area (Å²) in [4.78, 5) is 14.3. The minimum atomic E-state index is -0.573. The second-order valence-corrected chi connectivity index (χ2v) is 6.79. The summed E-state index contributed by atoms with van der Waals surface area (Å²) in [7, 11) is 0. The fourth-order valence-corrected chi connectivity index (χ4v) is 3.78. The van der Waals surface area contributed by atoms with Crippen molar-refractivity contribution in [3.8, 4) is 0 Å². The van der Waals surface area contributed by atoms with Crippen LogP contribution in [-0.4, -0.2) is 35.7 Å². The number of aromatic nitrogens is 2. The van der Waals surface area contributed by atoms with Crippen molar-refractivity contribution in [2.24, 2.45) is 5.92 Å². The maximum atomic E-state index is 13.9. The second-order valence-electron chi connectivity index (χ2n) is 6.79. The van der Waals surface area contributed by atoms with Crippen LogP contribution in [0.25, 0.3) is 0 Å². The standard InChI is InChI=1S/C18H20F2N4O/c19-12-4-5-16(14(20)8-12)24-7-6-11(10-24)9-21-18(25)17-13-2-1-3-15(13)22-23-17/h4-5,8,11H,1-3,6-7,9-10H2,(H,21,25)(H,22,23). The van der Waals surface area contributed by atoms with Crippen LogP contribution in [0.15, 0.2) is 18.2 Å². The van der Waals surface area contributed by atoms with E-state index in [4.69, 9.17) is 0 Å². The number of hydrogen-bond donors (Lipinski definition) is 2. The van der Waals surface area contributed by atoms with Crippen molar-refractivity contribution in [2.75, 3.05) is 24.5 Å². The fourth-order valence-electron chi connectivity index (χ4n) is 3.78. The zero-order chi connectivity index (χ0) is 17.4. The Hall–Kier alpha value is -2.44. The van der Waals surface area contributed by atoms with E-state index in [0.717, 1.165) is 43.0 Å². The predicted molar refractivity (Wildman–Crippen MR) is 89.6 cm³/mol. The first-order chi connectivity index (χ1) is 12.1. The number of nitrogens with one attached hydrogen (secondary N) is 2. The molecule has 1 aliphatic carbocycles. The number of carbonyl (C=O) groups is 1. The number of H-pyrrole nitrogens is 1. The van der Waals surface area contributed by atoms with Gasteiger partial charge in [0.25, 0.3) is 5.91 Å². The summed E-state index contributed by atoms with van der Waals surface area (Å²) >= 11 is 0. The lowest BCUT2D eigenvalue weighted by atomic mass is 10.1. The fraction of sp³-hybridized carbons (Fsp3) is 0.444. The smallest absolute Gasteiger partial charge is 0.272 e. The van der Waals surface area contributed by atoms with Crippen LogP contribution >= 0.6 is 0 Å². The molecule has 1 aromatic heterocycles. The van der Waals surface area contributed by atoms with Crippen molar-refractivity contribution in [2.45, 2.75) is 25.7 Å². The third-order valence-electron chi connectivity index (χ3n) is 5.11. The van der Waals surface area contributed by atoms with Crippen molar-refractivity contribution < 1.29 is 13.6 Å². The molecule has 0 spiro atoms. The summed E-state index contributed by atoms with van der Waals surface area (Å²) in [5.74, 6) is -1.03. The summed E-state index contributed by atoms with van der Waals surface area (Å²) in [5.41, 5.74) is 3.04. The van der Waals surface area contributed by atoms with Crippen LogP contribution in [0.5, 0.6) is 0 Å². The Morgan fingerprint density at radius 1 is 1.36 bits per heavy atom. The number of amides is 1. The predicted octanol–water partition coefficient (Wildman–Crippen LogP) is 2.43. The molecule has 2 aliphatic rings.